The third-order valence-electron chi connectivity index (χ3n) is 14.0. The van der Waals surface area contributed by atoms with Crippen molar-refractivity contribution in [3.05, 3.63) is 79.5 Å². The van der Waals surface area contributed by atoms with Gasteiger partial charge in [0.05, 0.1) is 58.1 Å². The number of aromatic nitrogens is 16. The molecule has 20 atom stereocenters. The van der Waals surface area contributed by atoms with Crippen molar-refractivity contribution >= 4 is 86.8 Å². The Hall–Kier alpha value is -6.88. The molecule has 0 spiro atoms. The van der Waals surface area contributed by atoms with Crippen molar-refractivity contribution in [1.82, 2.24) is 78.1 Å². The monoisotopic (exact) mass is 1410 g/mol. The van der Waals surface area contributed by atoms with Crippen LogP contribution in [0.2, 0.25) is 0 Å². The van der Waals surface area contributed by atoms with Crippen LogP contribution in [0.1, 0.15) is 24.9 Å². The zero-order valence-corrected chi connectivity index (χ0v) is 52.3. The fourth-order valence-electron chi connectivity index (χ4n) is 9.61. The van der Waals surface area contributed by atoms with Crippen LogP contribution in [0.5, 0.6) is 0 Å². The van der Waals surface area contributed by atoms with E-state index in [0.717, 1.165) is 33.0 Å². The molecule has 8 aromatic rings. The van der Waals surface area contributed by atoms with Gasteiger partial charge < -0.3 is 114 Å². The molecule has 12 heterocycles. The van der Waals surface area contributed by atoms with Crippen molar-refractivity contribution in [3.63, 3.8) is 0 Å². The highest BCUT2D eigenvalue weighted by atomic mass is 31.2. The van der Waals surface area contributed by atoms with Crippen LogP contribution in [-0.2, 0) is 55.3 Å². The number of nitrogens with zero attached hydrogens (tertiary/aromatic N) is 12. The molecule has 8 aromatic heterocycles. The normalized spacial score (nSPS) is 30.2. The van der Waals surface area contributed by atoms with Gasteiger partial charge in [-0.2, -0.15) is 4.98 Å². The van der Waals surface area contributed by atoms with Crippen LogP contribution in [-0.4, -0.2) is 265 Å². The van der Waals surface area contributed by atoms with Crippen LogP contribution in [0, 0.1) is 0 Å². The number of fused-ring (bicyclic) bond motifs is 4. The number of ether oxygens (including phenoxy) is 4. The van der Waals surface area contributed by atoms with Crippen LogP contribution in [0.15, 0.2) is 57.1 Å². The Morgan fingerprint density at radius 3 is 1.22 bits per heavy atom. The van der Waals surface area contributed by atoms with E-state index >= 15 is 0 Å². The summed E-state index contributed by atoms with van der Waals surface area (Å²) in [4.78, 5) is 123. The minimum atomic E-state index is -3.78. The lowest BCUT2D eigenvalue weighted by Crippen LogP contribution is -2.33. The average molecular weight is 1410 g/mol. The number of aliphatic hydroxyl groups is 8. The van der Waals surface area contributed by atoms with E-state index in [1.165, 1.54) is 49.9 Å². The summed E-state index contributed by atoms with van der Waals surface area (Å²) < 4.78 is 90.7. The van der Waals surface area contributed by atoms with Gasteiger partial charge in [-0.15, -0.1) is 0 Å². The number of aromatic amines is 4. The van der Waals surface area contributed by atoms with E-state index in [1.807, 2.05) is 4.98 Å². The van der Waals surface area contributed by atoms with Crippen molar-refractivity contribution < 1.29 is 116 Å². The standard InChI is InChI=1S/C11H16N5O7P.C11H16N5O6P.C11H15N4O8P.C11H15N4O7P/c1-24(20,21)22-2-4-6(17)7(18)10(23-4)16-3-13-5-8(16)14-11(12)15-9(5)19;1-23(19,20)21-2-5-7(17)8(18)11(22-5)16-4-15-6-9(12)13-3-14-10(6)16;1-24(20,21)22-2-4-6(16)7(17)10(23-4)15-3-12-5-8(15)13-11(19)14-9(5)18;1-23(19,20)21-2-5-7(16)8(17)11(22-5)15-4-14-6-9(15)12-3-13-10(6)18/h3-4,6-7,10,17-18H,2H2,1H3,(H,20,21)(H3,12,14,15,19);3-5,7-8,11,17-18H,2H2,1H3,(H,19,20)(H2,12,13,14);3-4,6-7,10,16-17H,2H2,1H3,(H,20,21)(H2,13,14,18,19);3-5,7-8,11,16-17H,2H2,1H3,(H,19,20)(H,12,13,18)/t4-,6-,7-,10-;5-,7-,8-,11-;4-,6-,7-,10-;5-,7-,8-,11-/m1111/s1. The van der Waals surface area contributed by atoms with Crippen LogP contribution in [0.25, 0.3) is 44.7 Å². The second kappa shape index (κ2) is 28.1. The first-order valence-electron chi connectivity index (χ1n) is 27.0. The number of anilines is 2. The van der Waals surface area contributed by atoms with E-state index < -0.39 is 164 Å². The summed E-state index contributed by atoms with van der Waals surface area (Å²) in [5.74, 6) is 0.0308. The first-order chi connectivity index (χ1) is 43.9. The molecule has 12 rings (SSSR count). The minimum absolute atomic E-state index is 0.00453. The predicted octanol–water partition coefficient (Wildman–Crippen LogP) is -6.55. The number of imidazole rings is 4. The molecule has 94 heavy (non-hydrogen) atoms. The predicted molar refractivity (Wildman–Crippen MR) is 312 cm³/mol. The van der Waals surface area contributed by atoms with Crippen molar-refractivity contribution in [1.29, 1.82) is 0 Å². The Balaban J connectivity index is 0.000000148. The number of rotatable bonds is 16. The van der Waals surface area contributed by atoms with E-state index in [4.69, 9.17) is 68.1 Å². The van der Waals surface area contributed by atoms with Gasteiger partial charge in [0.2, 0.25) is 5.95 Å². The lowest BCUT2D eigenvalue weighted by Gasteiger charge is -2.16. The summed E-state index contributed by atoms with van der Waals surface area (Å²) in [7, 11) is -15.0. The Kier molecular flexibility index (Phi) is 21.3. The molecule has 4 fully saturated rings. The van der Waals surface area contributed by atoms with Gasteiger partial charge in [-0.25, -0.2) is 39.7 Å². The summed E-state index contributed by atoms with van der Waals surface area (Å²) >= 11 is 0. The zero-order chi connectivity index (χ0) is 68.8. The number of hydrogen-bond acceptors (Lipinski definition) is 34. The van der Waals surface area contributed by atoms with Gasteiger partial charge in [0.15, 0.2) is 64.2 Å². The maximum absolute atomic E-state index is 11.8. The maximum Gasteiger partial charge on any atom is 0.327 e. The lowest BCUT2D eigenvalue weighted by molar-refractivity contribution is -0.0483. The van der Waals surface area contributed by atoms with Crippen molar-refractivity contribution in [2.75, 3.05) is 64.6 Å². The van der Waals surface area contributed by atoms with Gasteiger partial charge >= 0.3 is 36.1 Å². The molecule has 4 aliphatic rings. The average Bonchev–Trinajstić information content (AvgIpc) is 1.65. The van der Waals surface area contributed by atoms with Gasteiger partial charge in [0.25, 0.3) is 16.7 Å². The highest BCUT2D eigenvalue weighted by molar-refractivity contribution is 7.52. The number of nitrogens with one attached hydrogen (secondary N) is 4. The molecule has 0 aromatic carbocycles. The molecule has 50 heteroatoms. The van der Waals surface area contributed by atoms with Crippen LogP contribution in [0.4, 0.5) is 11.8 Å². The maximum atomic E-state index is 11.8. The molecule has 0 amide bonds. The zero-order valence-electron chi connectivity index (χ0n) is 48.7. The third-order valence-corrected chi connectivity index (χ3v) is 16.5. The second-order valence-corrected chi connectivity index (χ2v) is 28.7. The summed E-state index contributed by atoms with van der Waals surface area (Å²) in [6.45, 7) is 2.44. The van der Waals surface area contributed by atoms with E-state index in [2.05, 4.69) is 54.8 Å². The van der Waals surface area contributed by atoms with Crippen molar-refractivity contribution in [3.8, 4) is 0 Å². The van der Waals surface area contributed by atoms with E-state index in [1.54, 1.807) is 0 Å². The number of nitrogens with two attached hydrogens (primary N) is 2. The van der Waals surface area contributed by atoms with Gasteiger partial charge in [-0.1, -0.05) is 0 Å². The fraction of sp³-hybridized carbons (Fsp3) is 0.545. The molecule has 20 N–H and O–H groups in total. The molecular formula is C44H62N18O28P4. The number of aliphatic hydroxyl groups excluding tert-OH is 8. The first-order valence-corrected chi connectivity index (χ1v) is 35.1. The molecule has 0 saturated carbocycles. The summed E-state index contributed by atoms with van der Waals surface area (Å²) in [5, 5.41) is 80.7. The van der Waals surface area contributed by atoms with E-state index in [-0.39, 0.29) is 58.5 Å². The molecule has 4 saturated heterocycles. The molecule has 4 aliphatic heterocycles. The molecular weight excluding hydrogens is 1350 g/mol. The Bertz CT molecular complexity index is 4460. The molecule has 4 unspecified atom stereocenters. The van der Waals surface area contributed by atoms with Crippen molar-refractivity contribution in [2.45, 2.75) is 98.2 Å². The topological polar surface area (TPSA) is 691 Å². The molecule has 0 aliphatic carbocycles. The molecule has 0 radical (unpaired) electrons. The smallest absolute Gasteiger partial charge is 0.327 e. The molecule has 0 bridgehead atoms. The third kappa shape index (κ3) is 16.2. The van der Waals surface area contributed by atoms with Crippen LogP contribution >= 0.6 is 30.4 Å². The SMILES string of the molecule is CP(=O)(O)OC[C@H]1O[C@@H](n2cnc3c(=O)[nH]c(=O)[nH]c32)[C@H](O)[C@@H]1O.CP(=O)(O)OC[C@H]1O[C@@H](n2cnc3c(=O)[nH]c(N)nc32)[C@H](O)[C@@H]1O.CP(=O)(O)OC[C@H]1O[C@@H](n2cnc3c(=O)[nH]cnc32)[C@H](O)[C@@H]1O.CP(=O)(O)OC[C@H]1O[C@@H](n2cnc3c(N)ncnc32)[C@H](O)[C@@H]1O. The van der Waals surface area contributed by atoms with E-state index in [0.29, 0.717) is 11.2 Å². The lowest BCUT2D eigenvalue weighted by atomic mass is 10.1. The Morgan fingerprint density at radius 1 is 0.447 bits per heavy atom. The number of H-pyrrole nitrogens is 4. The highest BCUT2D eigenvalue weighted by Gasteiger charge is 2.49. The summed E-state index contributed by atoms with van der Waals surface area (Å²) in [6.07, 6.45) is -12.0. The number of nitrogen functional groups attached to an aromatic ring is 2. The highest BCUT2D eigenvalue weighted by Crippen LogP contribution is 2.43. The Morgan fingerprint density at radius 2 is 0.798 bits per heavy atom. The number of hydrogen-bond donors (Lipinski definition) is 18. The summed E-state index contributed by atoms with van der Waals surface area (Å²) in [6, 6.07) is 0. The fourth-order valence-corrected chi connectivity index (χ4v) is 11.3. The molecule has 516 valence electrons. The second-order valence-electron chi connectivity index (χ2n) is 21.3. The van der Waals surface area contributed by atoms with Gasteiger partial charge in [-0.05, 0) is 0 Å². The van der Waals surface area contributed by atoms with Gasteiger partial charge in [0, 0.05) is 26.7 Å². The van der Waals surface area contributed by atoms with Gasteiger partial charge in [0.1, 0.15) is 90.7 Å². The van der Waals surface area contributed by atoms with Gasteiger partial charge in [-0.3, -0.25) is 65.9 Å². The largest absolute Gasteiger partial charge is 0.387 e. The van der Waals surface area contributed by atoms with Crippen LogP contribution in [0.3, 0.4) is 0 Å². The molecule has 46 nitrogen and oxygen atoms in total. The van der Waals surface area contributed by atoms with Crippen LogP contribution < -0.4 is 33.8 Å². The minimum Gasteiger partial charge on any atom is -0.387 e. The quantitative estimate of drug-likeness (QED) is 0.0400. The van der Waals surface area contributed by atoms with Crippen molar-refractivity contribution in [2.24, 2.45) is 0 Å². The Labute approximate surface area is 521 Å². The first kappa shape index (κ1) is 71.4. The van der Waals surface area contributed by atoms with E-state index in [9.17, 15) is 78.3 Å². The summed E-state index contributed by atoms with van der Waals surface area (Å²) in [5.41, 5.74) is 9.59.